The van der Waals surface area contributed by atoms with Gasteiger partial charge in [0, 0.05) is 11.3 Å². The Morgan fingerprint density at radius 3 is 2.15 bits per heavy atom. The van der Waals surface area contributed by atoms with E-state index >= 15 is 0 Å². The third-order valence-electron chi connectivity index (χ3n) is 3.38. The summed E-state index contributed by atoms with van der Waals surface area (Å²) in [6, 6.07) is 8.56. The second kappa shape index (κ2) is 7.41. The summed E-state index contributed by atoms with van der Waals surface area (Å²) in [7, 11) is -8.08. The smallest absolute Gasteiger partial charge is 0.296 e. The van der Waals surface area contributed by atoms with E-state index in [1.54, 1.807) is 0 Å². The Balaban J connectivity index is 2.19. The lowest BCUT2D eigenvalue weighted by atomic mass is 10.2. The first kappa shape index (κ1) is 19.8. The molecule has 1 amide bonds. The van der Waals surface area contributed by atoms with Crippen LogP contribution in [0.1, 0.15) is 10.4 Å². The average molecular weight is 400 g/mol. The van der Waals surface area contributed by atoms with E-state index in [1.807, 2.05) is 0 Å². The number of amides is 1. The van der Waals surface area contributed by atoms with Gasteiger partial charge in [0.1, 0.15) is 4.90 Å². The predicted molar refractivity (Wildman–Crippen MR) is 94.2 cm³/mol. The van der Waals surface area contributed by atoms with E-state index in [1.165, 1.54) is 36.4 Å². The molecule has 0 aliphatic heterocycles. The van der Waals surface area contributed by atoms with Crippen LogP contribution in [0.25, 0.3) is 0 Å². The Bertz CT molecular complexity index is 1030. The molecule has 0 aliphatic rings. The topological polar surface area (TPSA) is 164 Å². The highest BCUT2D eigenvalue weighted by atomic mass is 32.2. The molecule has 0 radical (unpaired) electrons. The van der Waals surface area contributed by atoms with Gasteiger partial charge in [-0.1, -0.05) is 0 Å². The predicted octanol–water partition coefficient (Wildman–Crippen LogP) is 0.534. The third-order valence-corrected chi connectivity index (χ3v) is 6.02. The Morgan fingerprint density at radius 2 is 1.65 bits per heavy atom. The highest BCUT2D eigenvalue weighted by molar-refractivity contribution is 7.91. The molecule has 0 aliphatic carbocycles. The Morgan fingerprint density at radius 1 is 1.04 bits per heavy atom. The van der Waals surface area contributed by atoms with Crippen LogP contribution < -0.4 is 11.1 Å². The van der Waals surface area contributed by atoms with Crippen molar-refractivity contribution in [2.45, 2.75) is 9.79 Å². The van der Waals surface area contributed by atoms with Crippen LogP contribution in [-0.4, -0.2) is 44.8 Å². The van der Waals surface area contributed by atoms with E-state index in [9.17, 15) is 21.6 Å². The monoisotopic (exact) mass is 400 g/mol. The number of sulfone groups is 1. The second-order valence-corrected chi connectivity index (χ2v) is 8.75. The van der Waals surface area contributed by atoms with Gasteiger partial charge in [-0.05, 0) is 42.5 Å². The molecule has 0 saturated carbocycles. The van der Waals surface area contributed by atoms with Gasteiger partial charge in [0.05, 0.1) is 22.9 Å². The Kier molecular flexibility index (Phi) is 5.66. The molecule has 0 heterocycles. The molecular weight excluding hydrogens is 384 g/mol. The SMILES string of the molecule is Nc1cc(NC(=O)c2ccc(S(=O)(=O)CCO)cc2)ccc1S(=O)(=O)O. The molecule has 0 unspecified atom stereocenters. The van der Waals surface area contributed by atoms with Crippen molar-refractivity contribution >= 4 is 37.2 Å². The molecule has 2 aromatic rings. The van der Waals surface area contributed by atoms with Gasteiger partial charge in [-0.2, -0.15) is 8.42 Å². The fourth-order valence-electron chi connectivity index (χ4n) is 2.12. The zero-order valence-corrected chi connectivity index (χ0v) is 14.9. The number of aliphatic hydroxyl groups is 1. The van der Waals surface area contributed by atoms with Crippen LogP contribution in [-0.2, 0) is 20.0 Å². The van der Waals surface area contributed by atoms with Crippen molar-refractivity contribution in [2.75, 3.05) is 23.4 Å². The number of hydrogen-bond acceptors (Lipinski definition) is 7. The van der Waals surface area contributed by atoms with Crippen LogP contribution in [0.15, 0.2) is 52.3 Å². The number of nitrogens with two attached hydrogens (primary N) is 1. The maximum atomic E-state index is 12.2. The molecule has 0 aromatic heterocycles. The zero-order chi connectivity index (χ0) is 19.5. The first-order chi connectivity index (χ1) is 12.0. The first-order valence-electron chi connectivity index (χ1n) is 7.16. The molecule has 26 heavy (non-hydrogen) atoms. The largest absolute Gasteiger partial charge is 0.398 e. The number of carbonyl (C=O) groups excluding carboxylic acids is 1. The van der Waals surface area contributed by atoms with Gasteiger partial charge in [-0.3, -0.25) is 9.35 Å². The molecule has 0 atom stereocenters. The molecule has 0 spiro atoms. The van der Waals surface area contributed by atoms with E-state index in [4.69, 9.17) is 15.4 Å². The Hall–Kier alpha value is -2.47. The number of nitrogen functional groups attached to an aromatic ring is 1. The lowest BCUT2D eigenvalue weighted by molar-refractivity contribution is 0.102. The van der Waals surface area contributed by atoms with E-state index in [0.717, 1.165) is 6.07 Å². The number of aliphatic hydroxyl groups excluding tert-OH is 1. The quantitative estimate of drug-likeness (QED) is 0.403. The minimum Gasteiger partial charge on any atom is -0.398 e. The van der Waals surface area contributed by atoms with Crippen LogP contribution in [0.4, 0.5) is 11.4 Å². The third kappa shape index (κ3) is 4.58. The van der Waals surface area contributed by atoms with Crippen LogP contribution in [0, 0.1) is 0 Å². The summed E-state index contributed by atoms with van der Waals surface area (Å²) < 4.78 is 54.8. The number of nitrogens with one attached hydrogen (secondary N) is 1. The number of carbonyl (C=O) groups is 1. The highest BCUT2D eigenvalue weighted by Gasteiger charge is 2.16. The molecule has 9 nitrogen and oxygen atoms in total. The molecule has 0 bridgehead atoms. The molecule has 5 N–H and O–H groups in total. The summed E-state index contributed by atoms with van der Waals surface area (Å²) in [5, 5.41) is 11.2. The van der Waals surface area contributed by atoms with Crippen molar-refractivity contribution in [1.82, 2.24) is 0 Å². The molecule has 2 aromatic carbocycles. The maximum Gasteiger partial charge on any atom is 0.296 e. The van der Waals surface area contributed by atoms with Gasteiger partial charge < -0.3 is 16.2 Å². The number of benzene rings is 2. The number of hydrogen-bond donors (Lipinski definition) is 4. The lowest BCUT2D eigenvalue weighted by Crippen LogP contribution is -2.14. The molecule has 11 heteroatoms. The summed E-state index contributed by atoms with van der Waals surface area (Å²) >= 11 is 0. The van der Waals surface area contributed by atoms with E-state index in [-0.39, 0.29) is 21.8 Å². The van der Waals surface area contributed by atoms with Gasteiger partial charge in [-0.25, -0.2) is 8.42 Å². The van der Waals surface area contributed by atoms with Gasteiger partial charge in [0.2, 0.25) is 0 Å². The molecule has 140 valence electrons. The highest BCUT2D eigenvalue weighted by Crippen LogP contribution is 2.23. The lowest BCUT2D eigenvalue weighted by Gasteiger charge is -2.09. The molecule has 2 rings (SSSR count). The van der Waals surface area contributed by atoms with Gasteiger partial charge in [0.25, 0.3) is 16.0 Å². The first-order valence-corrected chi connectivity index (χ1v) is 10.3. The molecule has 0 fully saturated rings. The summed E-state index contributed by atoms with van der Waals surface area (Å²) in [6.07, 6.45) is 0. The fourth-order valence-corrected chi connectivity index (χ4v) is 3.74. The summed E-state index contributed by atoms with van der Waals surface area (Å²) in [5.41, 5.74) is 5.65. The molecular formula is C15H16N2O7S2. The molecule has 0 saturated heterocycles. The maximum absolute atomic E-state index is 12.2. The minimum atomic E-state index is -4.47. The van der Waals surface area contributed by atoms with Crippen molar-refractivity contribution in [3.8, 4) is 0 Å². The van der Waals surface area contributed by atoms with Crippen molar-refractivity contribution in [1.29, 1.82) is 0 Å². The fraction of sp³-hybridized carbons (Fsp3) is 0.133. The summed E-state index contributed by atoms with van der Waals surface area (Å²) in [6.45, 7) is -0.508. The van der Waals surface area contributed by atoms with Crippen LogP contribution in [0.5, 0.6) is 0 Å². The van der Waals surface area contributed by atoms with Crippen molar-refractivity contribution < 1.29 is 31.3 Å². The van der Waals surface area contributed by atoms with Crippen molar-refractivity contribution in [3.63, 3.8) is 0 Å². The minimum absolute atomic E-state index is 0.0233. The normalized spacial score (nSPS) is 11.9. The average Bonchev–Trinajstić information content (AvgIpc) is 2.53. The number of rotatable bonds is 6. The second-order valence-electron chi connectivity index (χ2n) is 5.25. The Labute approximate surface area is 150 Å². The van der Waals surface area contributed by atoms with Gasteiger partial charge in [-0.15, -0.1) is 0 Å². The summed E-state index contributed by atoms with van der Waals surface area (Å²) in [5.74, 6) is -0.993. The number of anilines is 2. The van der Waals surface area contributed by atoms with Gasteiger partial charge in [0.15, 0.2) is 9.84 Å². The van der Waals surface area contributed by atoms with Crippen LogP contribution in [0.2, 0.25) is 0 Å². The van der Waals surface area contributed by atoms with E-state index < -0.39 is 43.1 Å². The zero-order valence-electron chi connectivity index (χ0n) is 13.3. The van der Waals surface area contributed by atoms with E-state index in [2.05, 4.69) is 5.32 Å². The van der Waals surface area contributed by atoms with Crippen LogP contribution >= 0.6 is 0 Å². The van der Waals surface area contributed by atoms with E-state index in [0.29, 0.717) is 0 Å². The van der Waals surface area contributed by atoms with Gasteiger partial charge >= 0.3 is 0 Å². The standard InChI is InChI=1S/C15H16N2O7S2/c16-13-9-11(3-6-14(13)26(22,23)24)17-15(19)10-1-4-12(5-2-10)25(20,21)8-7-18/h1-6,9,18H,7-8,16H2,(H,17,19)(H,22,23,24). The van der Waals surface area contributed by atoms with Crippen LogP contribution in [0.3, 0.4) is 0 Å². The summed E-state index contributed by atoms with van der Waals surface area (Å²) in [4.78, 5) is 11.7. The van der Waals surface area contributed by atoms with Crippen molar-refractivity contribution in [2.24, 2.45) is 0 Å². The van der Waals surface area contributed by atoms with Crippen molar-refractivity contribution in [3.05, 3.63) is 48.0 Å².